The minimum atomic E-state index is 0.0578. The molecule has 1 aromatic rings. The monoisotopic (exact) mass is 374 g/mol. The molecule has 150 valence electrons. The molecule has 3 aliphatic rings. The molecule has 1 amide bonds. The van der Waals surface area contributed by atoms with Crippen molar-refractivity contribution in [1.29, 1.82) is 0 Å². The van der Waals surface area contributed by atoms with Crippen molar-refractivity contribution >= 4 is 5.91 Å². The van der Waals surface area contributed by atoms with Crippen LogP contribution in [0.25, 0.3) is 0 Å². The van der Waals surface area contributed by atoms with E-state index in [1.54, 1.807) is 0 Å². The maximum atomic E-state index is 13.2. The lowest BCUT2D eigenvalue weighted by Crippen LogP contribution is -2.65. The summed E-state index contributed by atoms with van der Waals surface area (Å²) in [5.41, 5.74) is 0.739. The Morgan fingerprint density at radius 2 is 2.19 bits per heavy atom. The Bertz CT molecular complexity index is 646. The highest BCUT2D eigenvalue weighted by Crippen LogP contribution is 2.55. The number of aromatic nitrogens is 2. The summed E-state index contributed by atoms with van der Waals surface area (Å²) in [5.74, 6) is 0.0578. The molecule has 4 rings (SSSR count). The average Bonchev–Trinajstić information content (AvgIpc) is 3.21. The van der Waals surface area contributed by atoms with Gasteiger partial charge in [0.25, 0.3) is 5.91 Å². The Morgan fingerprint density at radius 3 is 2.89 bits per heavy atom. The lowest BCUT2D eigenvalue weighted by atomic mass is 9.54. The lowest BCUT2D eigenvalue weighted by molar-refractivity contribution is -0.170. The van der Waals surface area contributed by atoms with Crippen LogP contribution in [-0.2, 0) is 4.74 Å². The fourth-order valence-corrected chi connectivity index (χ4v) is 5.61. The molecular formula is C21H34N4O2. The Balaban J connectivity index is 1.46. The molecular weight excluding hydrogens is 340 g/mol. The van der Waals surface area contributed by atoms with Gasteiger partial charge in [0.1, 0.15) is 5.69 Å². The van der Waals surface area contributed by atoms with Crippen molar-refractivity contribution in [2.24, 2.45) is 5.41 Å². The molecule has 2 saturated carbocycles. The minimum Gasteiger partial charge on any atom is -0.378 e. The predicted molar refractivity (Wildman–Crippen MR) is 105 cm³/mol. The maximum absolute atomic E-state index is 13.2. The average molecular weight is 375 g/mol. The van der Waals surface area contributed by atoms with Crippen molar-refractivity contribution in [1.82, 2.24) is 20.0 Å². The normalized spacial score (nSPS) is 30.1. The van der Waals surface area contributed by atoms with E-state index in [1.165, 1.54) is 32.1 Å². The lowest BCUT2D eigenvalue weighted by Gasteiger charge is -2.60. The third-order valence-corrected chi connectivity index (χ3v) is 7.15. The molecule has 1 saturated heterocycles. The highest BCUT2D eigenvalue weighted by Gasteiger charge is 2.58. The second-order valence-electron chi connectivity index (χ2n) is 8.59. The number of hydrogen-bond donors (Lipinski definition) is 1. The van der Waals surface area contributed by atoms with Crippen LogP contribution in [0.4, 0.5) is 0 Å². The van der Waals surface area contributed by atoms with Gasteiger partial charge in [-0.15, -0.1) is 0 Å². The van der Waals surface area contributed by atoms with Crippen molar-refractivity contribution < 1.29 is 9.53 Å². The molecule has 1 spiro atoms. The van der Waals surface area contributed by atoms with E-state index in [0.717, 1.165) is 39.0 Å². The number of carbonyl (C=O) groups is 1. The fourth-order valence-electron chi connectivity index (χ4n) is 5.61. The van der Waals surface area contributed by atoms with Gasteiger partial charge in [-0.2, -0.15) is 5.10 Å². The number of piperidine rings is 1. The van der Waals surface area contributed by atoms with Crippen molar-refractivity contribution in [2.75, 3.05) is 26.7 Å². The van der Waals surface area contributed by atoms with Gasteiger partial charge in [-0.25, -0.2) is 0 Å². The molecule has 2 heterocycles. The zero-order valence-corrected chi connectivity index (χ0v) is 16.8. The number of nitrogens with zero attached hydrogens (tertiary/aromatic N) is 3. The van der Waals surface area contributed by atoms with Gasteiger partial charge < -0.3 is 15.0 Å². The first-order valence-electron chi connectivity index (χ1n) is 10.8. The second-order valence-corrected chi connectivity index (χ2v) is 8.59. The second kappa shape index (κ2) is 7.92. The first kappa shape index (κ1) is 18.9. The molecule has 0 bridgehead atoms. The highest BCUT2D eigenvalue weighted by molar-refractivity contribution is 5.92. The van der Waals surface area contributed by atoms with Gasteiger partial charge in [0.05, 0.1) is 12.1 Å². The quantitative estimate of drug-likeness (QED) is 0.861. The van der Waals surface area contributed by atoms with Crippen molar-refractivity contribution in [3.05, 3.63) is 18.0 Å². The SMILES string of the molecule is CCOC1CC(N(C)C(=O)c2ccn(C3CCCNC3)n2)C12CCCCC2. The van der Waals surface area contributed by atoms with E-state index in [2.05, 4.69) is 17.3 Å². The Labute approximate surface area is 162 Å². The molecule has 3 fully saturated rings. The molecule has 2 aliphatic carbocycles. The Morgan fingerprint density at radius 1 is 1.37 bits per heavy atom. The highest BCUT2D eigenvalue weighted by atomic mass is 16.5. The molecule has 0 aromatic carbocycles. The molecule has 3 atom stereocenters. The molecule has 3 unspecified atom stereocenters. The van der Waals surface area contributed by atoms with Crippen LogP contribution in [0, 0.1) is 5.41 Å². The molecule has 1 aromatic heterocycles. The van der Waals surface area contributed by atoms with E-state index in [4.69, 9.17) is 4.74 Å². The Kier molecular flexibility index (Phi) is 5.55. The van der Waals surface area contributed by atoms with Gasteiger partial charge in [-0.05, 0) is 51.6 Å². The fraction of sp³-hybridized carbons (Fsp3) is 0.810. The number of hydrogen-bond acceptors (Lipinski definition) is 4. The summed E-state index contributed by atoms with van der Waals surface area (Å²) < 4.78 is 8.04. The summed E-state index contributed by atoms with van der Waals surface area (Å²) in [6.45, 7) is 4.85. The molecule has 6 heteroatoms. The topological polar surface area (TPSA) is 59.4 Å². The van der Waals surface area contributed by atoms with Gasteiger partial charge in [0.15, 0.2) is 0 Å². The van der Waals surface area contributed by atoms with Crippen LogP contribution in [0.2, 0.25) is 0 Å². The summed E-state index contributed by atoms with van der Waals surface area (Å²) in [4.78, 5) is 15.1. The van der Waals surface area contributed by atoms with Gasteiger partial charge in [-0.1, -0.05) is 19.3 Å². The van der Waals surface area contributed by atoms with Crippen molar-refractivity contribution in [3.63, 3.8) is 0 Å². The van der Waals surface area contributed by atoms with E-state index in [9.17, 15) is 4.79 Å². The molecule has 1 aliphatic heterocycles. The summed E-state index contributed by atoms with van der Waals surface area (Å²) in [6, 6.07) is 2.53. The van der Waals surface area contributed by atoms with Gasteiger partial charge in [-0.3, -0.25) is 9.48 Å². The number of ether oxygens (including phenoxy) is 1. The molecule has 27 heavy (non-hydrogen) atoms. The third-order valence-electron chi connectivity index (χ3n) is 7.15. The molecule has 6 nitrogen and oxygen atoms in total. The van der Waals surface area contributed by atoms with E-state index in [1.807, 2.05) is 28.9 Å². The summed E-state index contributed by atoms with van der Waals surface area (Å²) in [5, 5.41) is 8.06. The summed E-state index contributed by atoms with van der Waals surface area (Å²) in [6.07, 6.45) is 11.7. The largest absolute Gasteiger partial charge is 0.378 e. The number of amides is 1. The van der Waals surface area contributed by atoms with Crippen LogP contribution in [0.1, 0.15) is 74.8 Å². The van der Waals surface area contributed by atoms with Gasteiger partial charge in [0.2, 0.25) is 0 Å². The molecule has 0 radical (unpaired) electrons. The zero-order chi connectivity index (χ0) is 18.9. The van der Waals surface area contributed by atoms with Crippen LogP contribution >= 0.6 is 0 Å². The smallest absolute Gasteiger partial charge is 0.274 e. The first-order valence-corrected chi connectivity index (χ1v) is 10.8. The van der Waals surface area contributed by atoms with Crippen LogP contribution in [0.3, 0.4) is 0 Å². The van der Waals surface area contributed by atoms with Gasteiger partial charge >= 0.3 is 0 Å². The van der Waals surface area contributed by atoms with E-state index in [-0.39, 0.29) is 17.4 Å². The summed E-state index contributed by atoms with van der Waals surface area (Å²) in [7, 11) is 1.96. The van der Waals surface area contributed by atoms with Crippen LogP contribution in [0.5, 0.6) is 0 Å². The predicted octanol–water partition coefficient (Wildman–Crippen LogP) is 3.01. The van der Waals surface area contributed by atoms with E-state index < -0.39 is 0 Å². The first-order chi connectivity index (χ1) is 13.2. The van der Waals surface area contributed by atoms with Crippen LogP contribution in [0.15, 0.2) is 12.3 Å². The van der Waals surface area contributed by atoms with Crippen LogP contribution in [-0.4, -0.2) is 59.5 Å². The van der Waals surface area contributed by atoms with Crippen molar-refractivity contribution in [3.8, 4) is 0 Å². The summed E-state index contributed by atoms with van der Waals surface area (Å²) >= 11 is 0. The Hall–Kier alpha value is -1.40. The van der Waals surface area contributed by atoms with E-state index >= 15 is 0 Å². The standard InChI is InChI=1S/C21H34N4O2/c1-3-27-19-14-18(21(19)10-5-4-6-11-21)24(2)20(26)17-9-13-25(23-17)16-8-7-12-22-15-16/h9,13,16,18-19,22H,3-8,10-12,14-15H2,1-2H3. The van der Waals surface area contributed by atoms with Crippen molar-refractivity contribution in [2.45, 2.75) is 76.5 Å². The van der Waals surface area contributed by atoms with Crippen LogP contribution < -0.4 is 5.32 Å². The minimum absolute atomic E-state index is 0.0578. The maximum Gasteiger partial charge on any atom is 0.274 e. The molecule has 1 N–H and O–H groups in total. The van der Waals surface area contributed by atoms with Gasteiger partial charge in [0, 0.05) is 37.9 Å². The third kappa shape index (κ3) is 3.42. The zero-order valence-electron chi connectivity index (χ0n) is 16.8. The number of nitrogens with one attached hydrogen (secondary N) is 1. The number of carbonyl (C=O) groups excluding carboxylic acids is 1. The number of rotatable bonds is 5. The van der Waals surface area contributed by atoms with E-state index in [0.29, 0.717) is 17.8 Å².